The van der Waals surface area contributed by atoms with E-state index in [1.165, 1.54) is 17.3 Å². The third-order valence-electron chi connectivity index (χ3n) is 3.40. The Bertz CT molecular complexity index is 584. The van der Waals surface area contributed by atoms with Crippen molar-refractivity contribution in [2.24, 2.45) is 0 Å². The molecule has 4 nitrogen and oxygen atoms in total. The van der Waals surface area contributed by atoms with E-state index in [1.54, 1.807) is 18.8 Å². The lowest BCUT2D eigenvalue weighted by Gasteiger charge is -2.24. The van der Waals surface area contributed by atoms with Crippen LogP contribution in [0.4, 0.5) is 10.1 Å². The van der Waals surface area contributed by atoms with Crippen LogP contribution in [0, 0.1) is 12.7 Å². The summed E-state index contributed by atoms with van der Waals surface area (Å²) in [6.07, 6.45) is 0.824. The zero-order valence-corrected chi connectivity index (χ0v) is 12.5. The Hall–Kier alpha value is -0.790. The molecule has 1 aromatic rings. The molecular weight excluding hydrogens is 287 g/mol. The van der Waals surface area contributed by atoms with Crippen molar-refractivity contribution in [2.45, 2.75) is 24.3 Å². The number of hydrogen-bond acceptors (Lipinski definition) is 4. The van der Waals surface area contributed by atoms with Crippen LogP contribution < -0.4 is 5.73 Å². The molecular formula is C12H17FN2O2S2. The van der Waals surface area contributed by atoms with Crippen LogP contribution in [0.3, 0.4) is 0 Å². The first-order valence-corrected chi connectivity index (χ1v) is 8.55. The minimum atomic E-state index is -3.70. The standard InChI is InChI=1S/C12H17FN2O2S2/c1-8-11(13)5-9(14)6-12(8)19(16,17)15(2)10-3-4-18-7-10/h5-6,10H,3-4,7,14H2,1-2H3. The molecule has 0 spiro atoms. The molecule has 2 rings (SSSR count). The lowest BCUT2D eigenvalue weighted by Crippen LogP contribution is -2.37. The fourth-order valence-electron chi connectivity index (χ4n) is 2.10. The van der Waals surface area contributed by atoms with E-state index in [2.05, 4.69) is 0 Å². The van der Waals surface area contributed by atoms with Crippen molar-refractivity contribution in [3.05, 3.63) is 23.5 Å². The Kier molecular flexibility index (Phi) is 4.08. The molecule has 19 heavy (non-hydrogen) atoms. The Labute approximate surface area is 117 Å². The van der Waals surface area contributed by atoms with Crippen LogP contribution in [0.5, 0.6) is 0 Å². The number of sulfonamides is 1. The van der Waals surface area contributed by atoms with Gasteiger partial charge in [0.2, 0.25) is 10.0 Å². The maximum Gasteiger partial charge on any atom is 0.243 e. The van der Waals surface area contributed by atoms with Crippen LogP contribution in [0.25, 0.3) is 0 Å². The summed E-state index contributed by atoms with van der Waals surface area (Å²) in [5.41, 5.74) is 5.79. The van der Waals surface area contributed by atoms with Gasteiger partial charge in [-0.2, -0.15) is 16.1 Å². The van der Waals surface area contributed by atoms with Gasteiger partial charge in [0.05, 0.1) is 4.90 Å². The molecule has 1 aromatic carbocycles. The highest BCUT2D eigenvalue weighted by atomic mass is 32.2. The second-order valence-electron chi connectivity index (χ2n) is 4.66. The van der Waals surface area contributed by atoms with E-state index in [-0.39, 0.29) is 22.2 Å². The number of nitrogen functional groups attached to an aromatic ring is 1. The van der Waals surface area contributed by atoms with Gasteiger partial charge in [-0.15, -0.1) is 0 Å². The average molecular weight is 304 g/mol. The van der Waals surface area contributed by atoms with Crippen LogP contribution >= 0.6 is 11.8 Å². The third kappa shape index (κ3) is 2.73. The molecule has 0 bridgehead atoms. The topological polar surface area (TPSA) is 63.4 Å². The lowest BCUT2D eigenvalue weighted by molar-refractivity contribution is 0.394. The van der Waals surface area contributed by atoms with Crippen molar-refractivity contribution in [1.29, 1.82) is 0 Å². The molecule has 0 saturated carbocycles. The fourth-order valence-corrected chi connectivity index (χ4v) is 5.12. The van der Waals surface area contributed by atoms with Gasteiger partial charge in [0.25, 0.3) is 0 Å². The van der Waals surface area contributed by atoms with Gasteiger partial charge < -0.3 is 5.73 Å². The van der Waals surface area contributed by atoms with Crippen LogP contribution in [-0.2, 0) is 10.0 Å². The first-order valence-electron chi connectivity index (χ1n) is 5.95. The molecule has 1 unspecified atom stereocenters. The third-order valence-corrected chi connectivity index (χ3v) is 6.58. The normalized spacial score (nSPS) is 20.1. The Morgan fingerprint density at radius 1 is 1.47 bits per heavy atom. The average Bonchev–Trinajstić information content (AvgIpc) is 2.86. The quantitative estimate of drug-likeness (QED) is 0.866. The number of nitrogens with zero attached hydrogens (tertiary/aromatic N) is 1. The van der Waals surface area contributed by atoms with E-state index in [9.17, 15) is 12.8 Å². The van der Waals surface area contributed by atoms with E-state index < -0.39 is 15.8 Å². The SMILES string of the molecule is Cc1c(F)cc(N)cc1S(=O)(=O)N(C)C1CCSC1. The summed E-state index contributed by atoms with van der Waals surface area (Å²) in [5, 5.41) is 0. The van der Waals surface area contributed by atoms with Crippen molar-refractivity contribution in [2.75, 3.05) is 24.3 Å². The molecule has 0 aromatic heterocycles. The Morgan fingerprint density at radius 2 is 2.16 bits per heavy atom. The maximum absolute atomic E-state index is 13.6. The summed E-state index contributed by atoms with van der Waals surface area (Å²) in [4.78, 5) is -0.0376. The molecule has 1 saturated heterocycles. The number of hydrogen-bond donors (Lipinski definition) is 1. The summed E-state index contributed by atoms with van der Waals surface area (Å²) in [7, 11) is -2.15. The predicted molar refractivity (Wildman–Crippen MR) is 76.2 cm³/mol. The molecule has 1 atom stereocenters. The molecule has 1 aliphatic rings. The van der Waals surface area contributed by atoms with E-state index in [0.29, 0.717) is 0 Å². The van der Waals surface area contributed by atoms with Gasteiger partial charge in [-0.3, -0.25) is 0 Å². The first-order chi connectivity index (χ1) is 8.84. The molecule has 1 fully saturated rings. The highest BCUT2D eigenvalue weighted by molar-refractivity contribution is 7.99. The van der Waals surface area contributed by atoms with Crippen molar-refractivity contribution in [1.82, 2.24) is 4.31 Å². The zero-order chi connectivity index (χ0) is 14.2. The van der Waals surface area contributed by atoms with Gasteiger partial charge in [0, 0.05) is 30.1 Å². The first kappa shape index (κ1) is 14.6. The monoisotopic (exact) mass is 304 g/mol. The van der Waals surface area contributed by atoms with Gasteiger partial charge in [-0.05, 0) is 31.2 Å². The number of rotatable bonds is 3. The number of thioether (sulfide) groups is 1. The van der Waals surface area contributed by atoms with Gasteiger partial charge in [0.15, 0.2) is 0 Å². The number of anilines is 1. The van der Waals surface area contributed by atoms with Crippen molar-refractivity contribution >= 4 is 27.5 Å². The summed E-state index contributed by atoms with van der Waals surface area (Å²) >= 11 is 1.73. The predicted octanol–water partition coefficient (Wildman–Crippen LogP) is 1.84. The summed E-state index contributed by atoms with van der Waals surface area (Å²) < 4.78 is 40.1. The van der Waals surface area contributed by atoms with Crippen LogP contribution in [0.2, 0.25) is 0 Å². The largest absolute Gasteiger partial charge is 0.399 e. The molecule has 106 valence electrons. The van der Waals surface area contributed by atoms with Crippen LogP contribution in [0.1, 0.15) is 12.0 Å². The Balaban J connectivity index is 2.44. The second kappa shape index (κ2) is 5.30. The van der Waals surface area contributed by atoms with E-state index >= 15 is 0 Å². The van der Waals surface area contributed by atoms with Crippen molar-refractivity contribution in [3.63, 3.8) is 0 Å². The molecule has 0 aliphatic carbocycles. The summed E-state index contributed by atoms with van der Waals surface area (Å²) in [6, 6.07) is 2.44. The molecule has 0 radical (unpaired) electrons. The minimum absolute atomic E-state index is 0.0288. The second-order valence-corrected chi connectivity index (χ2v) is 7.78. The highest BCUT2D eigenvalue weighted by Crippen LogP contribution is 2.29. The van der Waals surface area contributed by atoms with Gasteiger partial charge in [-0.1, -0.05) is 0 Å². The molecule has 2 N–H and O–H groups in total. The van der Waals surface area contributed by atoms with E-state index in [0.717, 1.165) is 24.0 Å². The maximum atomic E-state index is 13.6. The molecule has 1 heterocycles. The fraction of sp³-hybridized carbons (Fsp3) is 0.500. The lowest BCUT2D eigenvalue weighted by atomic mass is 10.2. The number of halogens is 1. The molecule has 7 heteroatoms. The number of nitrogens with two attached hydrogens (primary N) is 1. The van der Waals surface area contributed by atoms with Crippen molar-refractivity contribution in [3.8, 4) is 0 Å². The zero-order valence-electron chi connectivity index (χ0n) is 10.9. The Morgan fingerprint density at radius 3 is 2.74 bits per heavy atom. The number of benzene rings is 1. The van der Waals surface area contributed by atoms with Crippen LogP contribution in [-0.4, -0.2) is 37.3 Å². The van der Waals surface area contributed by atoms with E-state index in [4.69, 9.17) is 5.73 Å². The highest BCUT2D eigenvalue weighted by Gasteiger charge is 2.32. The van der Waals surface area contributed by atoms with Crippen molar-refractivity contribution < 1.29 is 12.8 Å². The smallest absolute Gasteiger partial charge is 0.243 e. The minimum Gasteiger partial charge on any atom is -0.399 e. The van der Waals surface area contributed by atoms with Gasteiger partial charge in [0.1, 0.15) is 5.82 Å². The van der Waals surface area contributed by atoms with Gasteiger partial charge >= 0.3 is 0 Å². The van der Waals surface area contributed by atoms with Gasteiger partial charge in [-0.25, -0.2) is 12.8 Å². The molecule has 0 amide bonds. The summed E-state index contributed by atoms with van der Waals surface area (Å²) in [5.74, 6) is 1.14. The van der Waals surface area contributed by atoms with E-state index in [1.807, 2.05) is 0 Å². The summed E-state index contributed by atoms with van der Waals surface area (Å²) in [6.45, 7) is 1.46. The van der Waals surface area contributed by atoms with Crippen LogP contribution in [0.15, 0.2) is 17.0 Å². The molecule has 1 aliphatic heterocycles.